The first-order chi connectivity index (χ1) is 13.2. The number of nitrogens with zero attached hydrogens (tertiary/aromatic N) is 4. The van der Waals surface area contributed by atoms with E-state index in [0.29, 0.717) is 22.0 Å². The molecule has 2 aromatic heterocycles. The Morgan fingerprint density at radius 2 is 1.89 bits per heavy atom. The summed E-state index contributed by atoms with van der Waals surface area (Å²) >= 11 is 6.15. The quantitative estimate of drug-likeness (QED) is 0.668. The van der Waals surface area contributed by atoms with Gasteiger partial charge in [-0.25, -0.2) is 9.48 Å². The summed E-state index contributed by atoms with van der Waals surface area (Å²) in [5, 5.41) is 14.0. The second-order valence-corrected chi connectivity index (χ2v) is 8.86. The number of aromatic nitrogens is 3. The van der Waals surface area contributed by atoms with Gasteiger partial charge in [-0.3, -0.25) is 4.40 Å². The minimum Gasteiger partial charge on any atom is -0.489 e. The number of pyridine rings is 1. The van der Waals surface area contributed by atoms with Crippen LogP contribution in [0.15, 0.2) is 47.4 Å². The lowest BCUT2D eigenvalue weighted by Crippen LogP contribution is -2.67. The Morgan fingerprint density at radius 3 is 2.50 bits per heavy atom. The zero-order valence-corrected chi connectivity index (χ0v) is 16.9. The van der Waals surface area contributed by atoms with Gasteiger partial charge in [-0.15, -0.1) is 5.10 Å². The Hall–Kier alpha value is -2.78. The summed E-state index contributed by atoms with van der Waals surface area (Å²) in [4.78, 5) is 12.9. The van der Waals surface area contributed by atoms with Crippen molar-refractivity contribution < 1.29 is 4.74 Å². The predicted octanol–water partition coefficient (Wildman–Crippen LogP) is 4.08. The Labute approximate surface area is 167 Å². The van der Waals surface area contributed by atoms with Crippen molar-refractivity contribution in [2.45, 2.75) is 39.8 Å². The van der Waals surface area contributed by atoms with Crippen molar-refractivity contribution in [1.29, 1.82) is 5.26 Å². The molecule has 1 fully saturated rings. The lowest BCUT2D eigenvalue weighted by atomic mass is 9.49. The smallest absolute Gasteiger partial charge is 0.350 e. The summed E-state index contributed by atoms with van der Waals surface area (Å²) in [7, 11) is 0. The SMILES string of the molecule is CC1(C)C(Oc2ccc(C#N)c(Cl)c2)C(C)(C)C1n1nc2ccccn2c1=O. The van der Waals surface area contributed by atoms with Crippen LogP contribution in [0.4, 0.5) is 0 Å². The summed E-state index contributed by atoms with van der Waals surface area (Å²) in [6, 6.07) is 12.5. The monoisotopic (exact) mass is 396 g/mol. The lowest BCUT2D eigenvalue weighted by molar-refractivity contribution is -0.192. The number of hydrogen-bond acceptors (Lipinski definition) is 4. The van der Waals surface area contributed by atoms with Crippen LogP contribution in [0.25, 0.3) is 5.65 Å². The molecule has 28 heavy (non-hydrogen) atoms. The van der Waals surface area contributed by atoms with E-state index in [2.05, 4.69) is 32.8 Å². The number of halogens is 1. The molecular formula is C21H21ClN4O2. The van der Waals surface area contributed by atoms with Gasteiger partial charge < -0.3 is 4.74 Å². The highest BCUT2D eigenvalue weighted by Crippen LogP contribution is 2.62. The van der Waals surface area contributed by atoms with E-state index in [1.165, 1.54) is 0 Å². The largest absolute Gasteiger partial charge is 0.489 e. The van der Waals surface area contributed by atoms with E-state index in [-0.39, 0.29) is 28.7 Å². The predicted molar refractivity (Wildman–Crippen MR) is 107 cm³/mol. The van der Waals surface area contributed by atoms with Crippen LogP contribution in [0.5, 0.6) is 5.75 Å². The molecule has 0 N–H and O–H groups in total. The molecule has 7 heteroatoms. The van der Waals surface area contributed by atoms with Gasteiger partial charge in [0.25, 0.3) is 0 Å². The summed E-state index contributed by atoms with van der Waals surface area (Å²) < 4.78 is 9.42. The van der Waals surface area contributed by atoms with Crippen molar-refractivity contribution in [1.82, 2.24) is 14.2 Å². The van der Waals surface area contributed by atoms with Crippen LogP contribution in [-0.2, 0) is 0 Å². The fraction of sp³-hybridized carbons (Fsp3) is 0.381. The van der Waals surface area contributed by atoms with Crippen LogP contribution in [0.1, 0.15) is 39.3 Å². The molecule has 0 aliphatic heterocycles. The molecule has 144 valence electrons. The topological polar surface area (TPSA) is 72.3 Å². The molecule has 0 spiro atoms. The van der Waals surface area contributed by atoms with Gasteiger partial charge in [-0.05, 0) is 24.3 Å². The van der Waals surface area contributed by atoms with Crippen molar-refractivity contribution >= 4 is 17.2 Å². The Balaban J connectivity index is 1.69. The van der Waals surface area contributed by atoms with E-state index in [4.69, 9.17) is 21.6 Å². The maximum absolute atomic E-state index is 12.9. The first kappa shape index (κ1) is 18.6. The molecule has 6 nitrogen and oxygen atoms in total. The van der Waals surface area contributed by atoms with E-state index in [1.807, 2.05) is 24.3 Å². The fourth-order valence-corrected chi connectivity index (χ4v) is 5.16. The van der Waals surface area contributed by atoms with Crippen molar-refractivity contribution in [2.24, 2.45) is 10.8 Å². The van der Waals surface area contributed by atoms with Gasteiger partial charge in [0.1, 0.15) is 17.9 Å². The zero-order valence-electron chi connectivity index (χ0n) is 16.2. The van der Waals surface area contributed by atoms with E-state index in [1.54, 1.807) is 33.5 Å². The molecule has 0 radical (unpaired) electrons. The molecule has 0 amide bonds. The second kappa shape index (κ2) is 6.11. The van der Waals surface area contributed by atoms with Crippen molar-refractivity contribution in [3.63, 3.8) is 0 Å². The van der Waals surface area contributed by atoms with Gasteiger partial charge in [0, 0.05) is 23.1 Å². The van der Waals surface area contributed by atoms with Crippen LogP contribution < -0.4 is 10.4 Å². The number of rotatable bonds is 3. The Kier molecular flexibility index (Phi) is 4.06. The summed E-state index contributed by atoms with van der Waals surface area (Å²) in [6.07, 6.45) is 1.57. The van der Waals surface area contributed by atoms with Crippen LogP contribution in [-0.4, -0.2) is 20.3 Å². The molecule has 1 aliphatic carbocycles. The molecule has 1 aromatic carbocycles. The van der Waals surface area contributed by atoms with Crippen LogP contribution in [0.3, 0.4) is 0 Å². The minimum absolute atomic E-state index is 0.133. The Morgan fingerprint density at radius 1 is 1.18 bits per heavy atom. The van der Waals surface area contributed by atoms with Crippen molar-refractivity contribution in [3.8, 4) is 11.8 Å². The average Bonchev–Trinajstić information content (AvgIpc) is 2.95. The zero-order chi connectivity index (χ0) is 20.3. The van der Waals surface area contributed by atoms with Gasteiger partial charge in [0.05, 0.1) is 16.6 Å². The fourth-order valence-electron chi connectivity index (χ4n) is 4.95. The van der Waals surface area contributed by atoms with E-state index in [9.17, 15) is 4.79 Å². The van der Waals surface area contributed by atoms with Crippen molar-refractivity contribution in [2.75, 3.05) is 0 Å². The molecule has 0 atom stereocenters. The summed E-state index contributed by atoms with van der Waals surface area (Å²) in [5.41, 5.74) is 0.205. The highest BCUT2D eigenvalue weighted by atomic mass is 35.5. The molecule has 2 heterocycles. The molecule has 1 aliphatic rings. The first-order valence-corrected chi connectivity index (χ1v) is 9.48. The molecule has 0 saturated heterocycles. The number of benzene rings is 1. The number of hydrogen-bond donors (Lipinski definition) is 0. The van der Waals surface area contributed by atoms with E-state index < -0.39 is 0 Å². The molecule has 3 aromatic rings. The number of nitriles is 1. The Bertz CT molecular complexity index is 1150. The van der Waals surface area contributed by atoms with E-state index >= 15 is 0 Å². The van der Waals surface area contributed by atoms with E-state index in [0.717, 1.165) is 0 Å². The first-order valence-electron chi connectivity index (χ1n) is 9.10. The highest BCUT2D eigenvalue weighted by Gasteiger charge is 2.65. The average molecular weight is 397 g/mol. The minimum atomic E-state index is -0.342. The van der Waals surface area contributed by atoms with Crippen LogP contribution >= 0.6 is 11.6 Å². The van der Waals surface area contributed by atoms with Gasteiger partial charge >= 0.3 is 5.69 Å². The summed E-state index contributed by atoms with van der Waals surface area (Å²) in [5.74, 6) is 0.607. The molecular weight excluding hydrogens is 376 g/mol. The third-order valence-electron chi connectivity index (χ3n) is 5.77. The molecule has 0 unspecified atom stereocenters. The van der Waals surface area contributed by atoms with Crippen molar-refractivity contribution in [3.05, 3.63) is 63.7 Å². The van der Waals surface area contributed by atoms with Gasteiger partial charge in [0.2, 0.25) is 0 Å². The van der Waals surface area contributed by atoms with Crippen LogP contribution in [0.2, 0.25) is 5.02 Å². The molecule has 1 saturated carbocycles. The van der Waals surface area contributed by atoms with Gasteiger partial charge in [0.15, 0.2) is 5.65 Å². The second-order valence-electron chi connectivity index (χ2n) is 8.45. The molecule has 0 bridgehead atoms. The third kappa shape index (κ3) is 2.54. The standard InChI is InChI=1S/C21H21ClN4O2/c1-20(2)17(26-19(27)25-10-6-5-7-16(25)24-26)21(3,4)18(20)28-14-9-8-13(12-23)15(22)11-14/h5-11,17-18H,1-4H3. The lowest BCUT2D eigenvalue weighted by Gasteiger charge is -2.62. The normalized spacial score (nSPS) is 22.4. The molecule has 4 rings (SSSR count). The number of fused-ring (bicyclic) bond motifs is 1. The van der Waals surface area contributed by atoms with Gasteiger partial charge in [-0.2, -0.15) is 5.26 Å². The number of ether oxygens (including phenoxy) is 1. The maximum atomic E-state index is 12.9. The third-order valence-corrected chi connectivity index (χ3v) is 6.08. The van der Waals surface area contributed by atoms with Gasteiger partial charge in [-0.1, -0.05) is 45.4 Å². The summed E-state index contributed by atoms with van der Waals surface area (Å²) in [6.45, 7) is 8.31. The highest BCUT2D eigenvalue weighted by molar-refractivity contribution is 6.31. The maximum Gasteiger partial charge on any atom is 0.350 e. The van der Waals surface area contributed by atoms with Crippen LogP contribution in [0, 0.1) is 22.2 Å².